The van der Waals surface area contributed by atoms with E-state index in [1.54, 1.807) is 0 Å². The fourth-order valence-corrected chi connectivity index (χ4v) is 5.19. The molecule has 1 atom stereocenters. The summed E-state index contributed by atoms with van der Waals surface area (Å²) in [4.78, 5) is 23.0. The Bertz CT molecular complexity index is 557. The summed E-state index contributed by atoms with van der Waals surface area (Å²) >= 11 is 0. The summed E-state index contributed by atoms with van der Waals surface area (Å²) in [7, 11) is 0. The molecule has 4 nitrogen and oxygen atoms in total. The van der Waals surface area contributed by atoms with Crippen molar-refractivity contribution >= 4 is 11.9 Å². The van der Waals surface area contributed by atoms with E-state index in [0.29, 0.717) is 13.0 Å². The first-order chi connectivity index (χ1) is 19.1. The lowest BCUT2D eigenvalue weighted by molar-refractivity contribution is -0.151. The van der Waals surface area contributed by atoms with Gasteiger partial charge in [-0.05, 0) is 38.5 Å². The minimum atomic E-state index is -0.876. The number of aliphatic carboxylic acids is 1. The highest BCUT2D eigenvalue weighted by molar-refractivity contribution is 5.78. The molecular weight excluding hydrogens is 484 g/mol. The van der Waals surface area contributed by atoms with Gasteiger partial charge in [-0.1, -0.05) is 154 Å². The van der Waals surface area contributed by atoms with Gasteiger partial charge in [-0.2, -0.15) is 0 Å². The van der Waals surface area contributed by atoms with Gasteiger partial charge >= 0.3 is 11.9 Å². The monoisotopic (exact) mass is 550 g/mol. The lowest BCUT2D eigenvalue weighted by Gasteiger charge is -2.11. The minimum Gasteiger partial charge on any atom is -0.481 e. The smallest absolute Gasteiger partial charge is 0.307 e. The van der Waals surface area contributed by atoms with Crippen LogP contribution >= 0.6 is 0 Å². The van der Waals surface area contributed by atoms with Crippen LogP contribution in [0.3, 0.4) is 0 Å². The van der Waals surface area contributed by atoms with Crippen molar-refractivity contribution in [3.63, 3.8) is 0 Å². The molecule has 0 saturated carbocycles. The second-order valence-electron chi connectivity index (χ2n) is 11.7. The average molecular weight is 551 g/mol. The Balaban J connectivity index is 3.33. The van der Waals surface area contributed by atoms with Crippen LogP contribution in [0.25, 0.3) is 0 Å². The number of ether oxygens (including phenoxy) is 1. The van der Waals surface area contributed by atoms with Crippen molar-refractivity contribution in [2.45, 2.75) is 187 Å². The summed E-state index contributed by atoms with van der Waals surface area (Å²) in [6.07, 6.45) is 38.0. The zero-order chi connectivity index (χ0) is 28.7. The Morgan fingerprint density at radius 2 is 0.949 bits per heavy atom. The minimum absolute atomic E-state index is 0.00453. The van der Waals surface area contributed by atoms with Crippen LogP contribution in [-0.2, 0) is 14.3 Å². The van der Waals surface area contributed by atoms with Gasteiger partial charge in [-0.3, -0.25) is 9.59 Å². The number of rotatable bonds is 31. The molecule has 0 bridgehead atoms. The summed E-state index contributed by atoms with van der Waals surface area (Å²) in [5.74, 6) is -1.85. The first-order valence-corrected chi connectivity index (χ1v) is 17.1. The Kier molecular flexibility index (Phi) is 30.2. The van der Waals surface area contributed by atoms with Crippen molar-refractivity contribution in [1.29, 1.82) is 0 Å². The number of carbonyl (C=O) groups excluding carboxylic acids is 1. The number of allylic oxidation sites excluding steroid dienone is 2. The SMILES string of the molecule is CCCCCCCCCCCCCC/C=C/CCCCCCCCCCCCC(CC(=O)OCCC)C(=O)O. The van der Waals surface area contributed by atoms with E-state index in [9.17, 15) is 14.7 Å². The maximum absolute atomic E-state index is 11.7. The molecule has 0 radical (unpaired) electrons. The first kappa shape index (κ1) is 37.7. The maximum Gasteiger partial charge on any atom is 0.307 e. The quantitative estimate of drug-likeness (QED) is 0.0529. The van der Waals surface area contributed by atoms with Gasteiger partial charge < -0.3 is 9.84 Å². The molecule has 0 aromatic carbocycles. The Hall–Kier alpha value is -1.32. The maximum atomic E-state index is 11.7. The van der Waals surface area contributed by atoms with Crippen LogP contribution in [0, 0.1) is 5.92 Å². The molecule has 0 fully saturated rings. The number of carboxylic acids is 1. The summed E-state index contributed by atoms with van der Waals surface area (Å²) in [5, 5.41) is 9.33. The lowest BCUT2D eigenvalue weighted by Crippen LogP contribution is -2.19. The number of hydrogen-bond acceptors (Lipinski definition) is 3. The molecule has 230 valence electrons. The zero-order valence-corrected chi connectivity index (χ0v) is 26.2. The van der Waals surface area contributed by atoms with Crippen LogP contribution < -0.4 is 0 Å². The predicted octanol–water partition coefficient (Wildman–Crippen LogP) is 11.4. The van der Waals surface area contributed by atoms with E-state index in [1.165, 1.54) is 135 Å². The third kappa shape index (κ3) is 29.5. The summed E-state index contributed by atoms with van der Waals surface area (Å²) in [6.45, 7) is 4.60. The Morgan fingerprint density at radius 3 is 1.33 bits per heavy atom. The molecule has 4 heteroatoms. The van der Waals surface area contributed by atoms with Crippen molar-refractivity contribution < 1.29 is 19.4 Å². The van der Waals surface area contributed by atoms with Gasteiger partial charge in [-0.15, -0.1) is 0 Å². The molecule has 0 saturated heterocycles. The molecule has 0 aromatic rings. The van der Waals surface area contributed by atoms with Crippen LogP contribution in [-0.4, -0.2) is 23.7 Å². The van der Waals surface area contributed by atoms with E-state index in [1.807, 2.05) is 6.92 Å². The molecule has 0 spiro atoms. The van der Waals surface area contributed by atoms with Crippen LogP contribution in [0.4, 0.5) is 0 Å². The average Bonchev–Trinajstić information content (AvgIpc) is 2.93. The van der Waals surface area contributed by atoms with E-state index in [-0.39, 0.29) is 12.4 Å². The number of hydrogen-bond donors (Lipinski definition) is 1. The number of esters is 1. The third-order valence-electron chi connectivity index (χ3n) is 7.79. The van der Waals surface area contributed by atoms with Crippen molar-refractivity contribution in [2.24, 2.45) is 5.92 Å². The molecule has 1 N–H and O–H groups in total. The molecular formula is C35H66O4. The molecule has 39 heavy (non-hydrogen) atoms. The largest absolute Gasteiger partial charge is 0.481 e. The fraction of sp³-hybridized carbons (Fsp3) is 0.886. The van der Waals surface area contributed by atoms with Crippen molar-refractivity contribution in [2.75, 3.05) is 6.61 Å². The van der Waals surface area contributed by atoms with Gasteiger partial charge in [0, 0.05) is 0 Å². The van der Waals surface area contributed by atoms with Gasteiger partial charge in [0.15, 0.2) is 0 Å². The van der Waals surface area contributed by atoms with E-state index >= 15 is 0 Å². The zero-order valence-electron chi connectivity index (χ0n) is 26.2. The molecule has 0 heterocycles. The summed E-state index contributed by atoms with van der Waals surface area (Å²) in [6, 6.07) is 0. The van der Waals surface area contributed by atoms with Crippen molar-refractivity contribution in [3.05, 3.63) is 12.2 Å². The van der Waals surface area contributed by atoms with Crippen molar-refractivity contribution in [3.8, 4) is 0 Å². The highest BCUT2D eigenvalue weighted by atomic mass is 16.5. The highest BCUT2D eigenvalue weighted by Crippen LogP contribution is 2.18. The summed E-state index contributed by atoms with van der Waals surface area (Å²) in [5.41, 5.74) is 0. The molecule has 0 aliphatic carbocycles. The fourth-order valence-electron chi connectivity index (χ4n) is 5.19. The normalized spacial score (nSPS) is 12.3. The van der Waals surface area contributed by atoms with Gasteiger partial charge in [0.2, 0.25) is 0 Å². The summed E-state index contributed by atoms with van der Waals surface area (Å²) < 4.78 is 5.03. The van der Waals surface area contributed by atoms with Gasteiger partial charge in [0.25, 0.3) is 0 Å². The third-order valence-corrected chi connectivity index (χ3v) is 7.79. The predicted molar refractivity (Wildman–Crippen MR) is 167 cm³/mol. The van der Waals surface area contributed by atoms with Crippen LogP contribution in [0.1, 0.15) is 187 Å². The van der Waals surface area contributed by atoms with Crippen molar-refractivity contribution in [1.82, 2.24) is 0 Å². The van der Waals surface area contributed by atoms with Gasteiger partial charge in [-0.25, -0.2) is 0 Å². The highest BCUT2D eigenvalue weighted by Gasteiger charge is 2.21. The van der Waals surface area contributed by atoms with Gasteiger partial charge in [0.05, 0.1) is 18.9 Å². The second-order valence-corrected chi connectivity index (χ2v) is 11.7. The Morgan fingerprint density at radius 1 is 0.564 bits per heavy atom. The number of carbonyl (C=O) groups is 2. The van der Waals surface area contributed by atoms with Crippen LogP contribution in [0.15, 0.2) is 12.2 Å². The topological polar surface area (TPSA) is 63.6 Å². The lowest BCUT2D eigenvalue weighted by atomic mass is 9.97. The standard InChI is InChI=1S/C35H66O4/c1-3-5-6-7-8-9-10-11-12-13-14-15-16-17-18-19-20-21-22-23-24-25-26-27-28-29-30-33(35(37)38)32-34(36)39-31-4-2/h17-18,33H,3-16,19-32H2,1-2H3,(H,37,38)/b18-17+. The Labute approximate surface area is 243 Å². The molecule has 0 aliphatic heterocycles. The number of unbranched alkanes of at least 4 members (excludes halogenated alkanes) is 22. The number of carboxylic acid groups (broad SMARTS) is 1. The van der Waals surface area contributed by atoms with Crippen LogP contribution in [0.2, 0.25) is 0 Å². The van der Waals surface area contributed by atoms with E-state index in [4.69, 9.17) is 4.74 Å². The van der Waals surface area contributed by atoms with Gasteiger partial charge in [0.1, 0.15) is 0 Å². The van der Waals surface area contributed by atoms with E-state index in [2.05, 4.69) is 19.1 Å². The first-order valence-electron chi connectivity index (χ1n) is 17.1. The molecule has 0 rings (SSSR count). The van der Waals surface area contributed by atoms with E-state index < -0.39 is 11.9 Å². The van der Waals surface area contributed by atoms with E-state index in [0.717, 1.165) is 25.7 Å². The molecule has 0 amide bonds. The second kappa shape index (κ2) is 31.2. The molecule has 0 aliphatic rings. The molecule has 0 aromatic heterocycles. The van der Waals surface area contributed by atoms with Crippen LogP contribution in [0.5, 0.6) is 0 Å². The molecule has 1 unspecified atom stereocenters.